The molecule has 0 saturated carbocycles. The van der Waals surface area contributed by atoms with Crippen molar-refractivity contribution in [3.63, 3.8) is 0 Å². The van der Waals surface area contributed by atoms with Crippen molar-refractivity contribution >= 4 is 17.5 Å². The van der Waals surface area contributed by atoms with Gasteiger partial charge in [-0.05, 0) is 17.7 Å². The zero-order chi connectivity index (χ0) is 13.2. The first kappa shape index (κ1) is 11.7. The number of nitrogens with two attached hydrogens (primary N) is 1. The molecule has 0 amide bonds. The van der Waals surface area contributed by atoms with Crippen molar-refractivity contribution in [2.45, 2.75) is 0 Å². The van der Waals surface area contributed by atoms with E-state index in [2.05, 4.69) is 15.0 Å². The van der Waals surface area contributed by atoms with E-state index < -0.39 is 0 Å². The summed E-state index contributed by atoms with van der Waals surface area (Å²) < 4.78 is 0. The van der Waals surface area contributed by atoms with Crippen LogP contribution >= 0.6 is 11.6 Å². The molecule has 0 unspecified atom stereocenters. The lowest BCUT2D eigenvalue weighted by atomic mass is 10.2. The zero-order valence-electron chi connectivity index (χ0n) is 9.97. The van der Waals surface area contributed by atoms with Crippen LogP contribution in [0, 0.1) is 0 Å². The van der Waals surface area contributed by atoms with Crippen LogP contribution in [0.3, 0.4) is 0 Å². The standard InChI is InChI=1S/C14H11ClN4/c15-10-8-12(9-4-2-1-3-5-9)18-13(10)11-6-7-17-14(16)19-11/h1-8,18H,(H2,16,17,19). The van der Waals surface area contributed by atoms with E-state index in [1.807, 2.05) is 36.4 Å². The molecule has 0 spiro atoms. The van der Waals surface area contributed by atoms with Gasteiger partial charge >= 0.3 is 0 Å². The van der Waals surface area contributed by atoms with Crippen LogP contribution in [0.25, 0.3) is 22.6 Å². The number of hydrogen-bond acceptors (Lipinski definition) is 3. The molecule has 2 heterocycles. The van der Waals surface area contributed by atoms with Crippen molar-refractivity contribution in [1.29, 1.82) is 0 Å². The third-order valence-electron chi connectivity index (χ3n) is 2.78. The molecule has 0 aliphatic heterocycles. The van der Waals surface area contributed by atoms with Crippen LogP contribution in [0.15, 0.2) is 48.7 Å². The van der Waals surface area contributed by atoms with Gasteiger partial charge in [0, 0.05) is 11.9 Å². The van der Waals surface area contributed by atoms with Gasteiger partial charge in [0.05, 0.1) is 16.4 Å². The van der Waals surface area contributed by atoms with E-state index in [0.717, 1.165) is 17.0 Å². The molecule has 3 N–H and O–H groups in total. The van der Waals surface area contributed by atoms with E-state index in [9.17, 15) is 0 Å². The van der Waals surface area contributed by atoms with Crippen LogP contribution in [0.5, 0.6) is 0 Å². The van der Waals surface area contributed by atoms with Crippen molar-refractivity contribution in [1.82, 2.24) is 15.0 Å². The second kappa shape index (κ2) is 4.74. The summed E-state index contributed by atoms with van der Waals surface area (Å²) in [5.41, 5.74) is 9.02. The third-order valence-corrected chi connectivity index (χ3v) is 3.08. The Morgan fingerprint density at radius 3 is 2.63 bits per heavy atom. The maximum Gasteiger partial charge on any atom is 0.220 e. The van der Waals surface area contributed by atoms with Crippen LogP contribution in [0.1, 0.15) is 0 Å². The van der Waals surface area contributed by atoms with Gasteiger partial charge in [0.15, 0.2) is 0 Å². The lowest BCUT2D eigenvalue weighted by Gasteiger charge is -2.00. The topological polar surface area (TPSA) is 67.6 Å². The van der Waals surface area contributed by atoms with Gasteiger partial charge in [-0.15, -0.1) is 0 Å². The van der Waals surface area contributed by atoms with Crippen LogP contribution in [0.2, 0.25) is 5.02 Å². The number of H-pyrrole nitrogens is 1. The maximum atomic E-state index is 6.25. The normalized spacial score (nSPS) is 10.6. The van der Waals surface area contributed by atoms with Crippen LogP contribution in [-0.4, -0.2) is 15.0 Å². The zero-order valence-corrected chi connectivity index (χ0v) is 10.7. The van der Waals surface area contributed by atoms with Gasteiger partial charge in [-0.25, -0.2) is 9.97 Å². The average Bonchev–Trinajstić information content (AvgIpc) is 2.82. The molecule has 0 fully saturated rings. The molecule has 0 saturated heterocycles. The molecule has 3 aromatic rings. The fourth-order valence-electron chi connectivity index (χ4n) is 1.90. The van der Waals surface area contributed by atoms with E-state index in [1.54, 1.807) is 12.3 Å². The van der Waals surface area contributed by atoms with Gasteiger partial charge in [-0.3, -0.25) is 0 Å². The Hall–Kier alpha value is -2.33. The van der Waals surface area contributed by atoms with Crippen molar-refractivity contribution < 1.29 is 0 Å². The predicted octanol–water partition coefficient (Wildman–Crippen LogP) is 3.37. The molecule has 0 aliphatic carbocycles. The monoisotopic (exact) mass is 270 g/mol. The molecule has 94 valence electrons. The Morgan fingerprint density at radius 1 is 1.11 bits per heavy atom. The highest BCUT2D eigenvalue weighted by atomic mass is 35.5. The van der Waals surface area contributed by atoms with Gasteiger partial charge in [-0.1, -0.05) is 41.9 Å². The Labute approximate surface area is 115 Å². The smallest absolute Gasteiger partial charge is 0.220 e. The minimum absolute atomic E-state index is 0.226. The van der Waals surface area contributed by atoms with Gasteiger partial charge in [-0.2, -0.15) is 0 Å². The number of rotatable bonds is 2. The average molecular weight is 271 g/mol. The predicted molar refractivity (Wildman–Crippen MR) is 76.7 cm³/mol. The Bertz CT molecular complexity index is 706. The van der Waals surface area contributed by atoms with Crippen molar-refractivity contribution in [3.8, 4) is 22.6 Å². The molecular weight excluding hydrogens is 260 g/mol. The van der Waals surface area contributed by atoms with E-state index >= 15 is 0 Å². The Balaban J connectivity index is 2.08. The lowest BCUT2D eigenvalue weighted by Crippen LogP contribution is -1.95. The van der Waals surface area contributed by atoms with Crippen molar-refractivity contribution in [2.24, 2.45) is 0 Å². The largest absolute Gasteiger partial charge is 0.368 e. The fourth-order valence-corrected chi connectivity index (χ4v) is 2.16. The first-order chi connectivity index (χ1) is 9.24. The van der Waals surface area contributed by atoms with E-state index in [1.165, 1.54) is 0 Å². The molecule has 1 aromatic carbocycles. The summed E-state index contributed by atoms with van der Waals surface area (Å²) in [4.78, 5) is 11.3. The number of nitrogens with one attached hydrogen (secondary N) is 1. The third kappa shape index (κ3) is 2.30. The van der Waals surface area contributed by atoms with Crippen molar-refractivity contribution in [3.05, 3.63) is 53.7 Å². The fraction of sp³-hybridized carbons (Fsp3) is 0. The van der Waals surface area contributed by atoms with Gasteiger partial charge < -0.3 is 10.7 Å². The molecule has 0 atom stereocenters. The first-order valence-corrected chi connectivity index (χ1v) is 6.14. The van der Waals surface area contributed by atoms with Gasteiger partial charge in [0.25, 0.3) is 0 Å². The van der Waals surface area contributed by atoms with Crippen LogP contribution < -0.4 is 5.73 Å². The number of nitrogens with zero attached hydrogens (tertiary/aromatic N) is 2. The highest BCUT2D eigenvalue weighted by Crippen LogP contribution is 2.31. The number of hydrogen-bond donors (Lipinski definition) is 2. The molecule has 0 radical (unpaired) electrons. The molecule has 2 aromatic heterocycles. The Kier molecular flexibility index (Phi) is 2.93. The number of aromatic nitrogens is 3. The van der Waals surface area contributed by atoms with Crippen LogP contribution in [0.4, 0.5) is 5.95 Å². The second-order valence-electron chi connectivity index (χ2n) is 4.07. The minimum Gasteiger partial charge on any atom is -0.368 e. The van der Waals surface area contributed by atoms with Gasteiger partial charge in [0.2, 0.25) is 5.95 Å². The summed E-state index contributed by atoms with van der Waals surface area (Å²) in [5.74, 6) is 0.226. The molecule has 19 heavy (non-hydrogen) atoms. The number of halogens is 1. The lowest BCUT2D eigenvalue weighted by molar-refractivity contribution is 1.18. The summed E-state index contributed by atoms with van der Waals surface area (Å²) in [6.45, 7) is 0. The highest BCUT2D eigenvalue weighted by Gasteiger charge is 2.11. The first-order valence-electron chi connectivity index (χ1n) is 5.77. The summed E-state index contributed by atoms with van der Waals surface area (Å²) in [6, 6.07) is 13.6. The quantitative estimate of drug-likeness (QED) is 0.750. The molecule has 4 nitrogen and oxygen atoms in total. The second-order valence-corrected chi connectivity index (χ2v) is 4.48. The van der Waals surface area contributed by atoms with Gasteiger partial charge in [0.1, 0.15) is 0 Å². The summed E-state index contributed by atoms with van der Waals surface area (Å²) in [5, 5.41) is 0.608. The van der Waals surface area contributed by atoms with E-state index in [0.29, 0.717) is 10.7 Å². The maximum absolute atomic E-state index is 6.25. The summed E-state index contributed by atoms with van der Waals surface area (Å²) in [7, 11) is 0. The highest BCUT2D eigenvalue weighted by molar-refractivity contribution is 6.33. The molecular formula is C14H11ClN4. The molecule has 5 heteroatoms. The summed E-state index contributed by atoms with van der Waals surface area (Å²) in [6.07, 6.45) is 1.61. The minimum atomic E-state index is 0.226. The van der Waals surface area contributed by atoms with E-state index in [-0.39, 0.29) is 5.95 Å². The van der Waals surface area contributed by atoms with Crippen molar-refractivity contribution in [2.75, 3.05) is 5.73 Å². The molecule has 3 rings (SSSR count). The number of nitrogen functional groups attached to an aromatic ring is 1. The number of benzene rings is 1. The van der Waals surface area contributed by atoms with Crippen LogP contribution in [-0.2, 0) is 0 Å². The SMILES string of the molecule is Nc1nccc(-c2[nH]c(-c3ccccc3)cc2Cl)n1. The van der Waals surface area contributed by atoms with E-state index in [4.69, 9.17) is 17.3 Å². The number of anilines is 1. The summed E-state index contributed by atoms with van der Waals surface area (Å²) >= 11 is 6.25. The molecule has 0 bridgehead atoms. The molecule has 0 aliphatic rings. The number of aromatic amines is 1. The Morgan fingerprint density at radius 2 is 1.89 bits per heavy atom.